The second-order valence-electron chi connectivity index (χ2n) is 6.15. The number of benzene rings is 1. The SMILES string of the molecule is CCCc1ccc(S(=O)(=O)N2CCC(Oc3ncccn3)CC2)cc1. The zero-order chi connectivity index (χ0) is 17.7. The van der Waals surface area contributed by atoms with Gasteiger partial charge in [-0.3, -0.25) is 0 Å². The molecule has 0 N–H and O–H groups in total. The molecule has 0 bridgehead atoms. The van der Waals surface area contributed by atoms with E-state index >= 15 is 0 Å². The van der Waals surface area contributed by atoms with Gasteiger partial charge in [0.2, 0.25) is 10.0 Å². The first kappa shape index (κ1) is 17.8. The number of aromatic nitrogens is 2. The minimum Gasteiger partial charge on any atom is -0.460 e. The lowest BCUT2D eigenvalue weighted by molar-refractivity contribution is 0.124. The summed E-state index contributed by atoms with van der Waals surface area (Å²) in [6.07, 6.45) is 6.47. The molecule has 1 fully saturated rings. The maximum Gasteiger partial charge on any atom is 0.316 e. The molecule has 7 heteroatoms. The van der Waals surface area contributed by atoms with Gasteiger partial charge >= 0.3 is 6.01 Å². The summed E-state index contributed by atoms with van der Waals surface area (Å²) < 4.78 is 32.8. The molecule has 1 aromatic carbocycles. The van der Waals surface area contributed by atoms with E-state index in [2.05, 4.69) is 16.9 Å². The fraction of sp³-hybridized carbons (Fsp3) is 0.444. The summed E-state index contributed by atoms with van der Waals surface area (Å²) in [7, 11) is -3.44. The van der Waals surface area contributed by atoms with E-state index in [1.165, 1.54) is 4.31 Å². The zero-order valence-electron chi connectivity index (χ0n) is 14.3. The molecule has 0 amide bonds. The smallest absolute Gasteiger partial charge is 0.316 e. The normalized spacial score (nSPS) is 16.7. The van der Waals surface area contributed by atoms with Gasteiger partial charge in [0.25, 0.3) is 0 Å². The Morgan fingerprint density at radius 1 is 1.12 bits per heavy atom. The molecule has 134 valence electrons. The fourth-order valence-corrected chi connectivity index (χ4v) is 4.42. The summed E-state index contributed by atoms with van der Waals surface area (Å²) in [6, 6.07) is 9.29. The molecule has 2 heterocycles. The number of aryl methyl sites for hydroxylation is 1. The van der Waals surface area contributed by atoms with E-state index in [0.717, 1.165) is 18.4 Å². The molecular formula is C18H23N3O3S. The Hall–Kier alpha value is -1.99. The van der Waals surface area contributed by atoms with Crippen molar-refractivity contribution < 1.29 is 13.2 Å². The third-order valence-electron chi connectivity index (χ3n) is 4.31. The lowest BCUT2D eigenvalue weighted by Gasteiger charge is -2.30. The van der Waals surface area contributed by atoms with E-state index in [0.29, 0.717) is 36.8 Å². The van der Waals surface area contributed by atoms with Gasteiger partial charge in [-0.15, -0.1) is 0 Å². The summed E-state index contributed by atoms with van der Waals surface area (Å²) in [5, 5.41) is 0. The third kappa shape index (κ3) is 4.35. The molecular weight excluding hydrogens is 338 g/mol. The van der Waals surface area contributed by atoms with Crippen LogP contribution in [0.15, 0.2) is 47.6 Å². The van der Waals surface area contributed by atoms with Crippen LogP contribution in [-0.2, 0) is 16.4 Å². The van der Waals surface area contributed by atoms with Crippen LogP contribution in [0.5, 0.6) is 6.01 Å². The molecule has 0 radical (unpaired) electrons. The monoisotopic (exact) mass is 361 g/mol. The Morgan fingerprint density at radius 2 is 1.76 bits per heavy atom. The van der Waals surface area contributed by atoms with Crippen molar-refractivity contribution in [2.45, 2.75) is 43.6 Å². The highest BCUT2D eigenvalue weighted by molar-refractivity contribution is 7.89. The van der Waals surface area contributed by atoms with Gasteiger partial charge < -0.3 is 4.74 Å². The summed E-state index contributed by atoms with van der Waals surface area (Å²) in [5.74, 6) is 0. The van der Waals surface area contributed by atoms with Gasteiger partial charge in [0.15, 0.2) is 0 Å². The molecule has 6 nitrogen and oxygen atoms in total. The van der Waals surface area contributed by atoms with Crippen LogP contribution in [0.25, 0.3) is 0 Å². The van der Waals surface area contributed by atoms with Crippen molar-refractivity contribution >= 4 is 10.0 Å². The molecule has 1 aliphatic rings. The summed E-state index contributed by atoms with van der Waals surface area (Å²) >= 11 is 0. The van der Waals surface area contributed by atoms with Gasteiger partial charge in [-0.25, -0.2) is 18.4 Å². The number of rotatable bonds is 6. The highest BCUT2D eigenvalue weighted by Crippen LogP contribution is 2.23. The topological polar surface area (TPSA) is 72.4 Å². The number of hydrogen-bond donors (Lipinski definition) is 0. The molecule has 0 unspecified atom stereocenters. The van der Waals surface area contributed by atoms with Crippen LogP contribution >= 0.6 is 0 Å². The van der Waals surface area contributed by atoms with Gasteiger partial charge in [0.05, 0.1) is 4.90 Å². The molecule has 25 heavy (non-hydrogen) atoms. The van der Waals surface area contributed by atoms with Crippen molar-refractivity contribution in [3.05, 3.63) is 48.3 Å². The number of ether oxygens (including phenoxy) is 1. The van der Waals surface area contributed by atoms with Gasteiger partial charge in [-0.2, -0.15) is 4.31 Å². The van der Waals surface area contributed by atoms with Crippen molar-refractivity contribution in [2.75, 3.05) is 13.1 Å². The van der Waals surface area contributed by atoms with E-state index in [4.69, 9.17) is 4.74 Å². The number of sulfonamides is 1. The van der Waals surface area contributed by atoms with Crippen molar-refractivity contribution in [1.82, 2.24) is 14.3 Å². The maximum atomic E-state index is 12.8. The first-order chi connectivity index (χ1) is 12.1. The van der Waals surface area contributed by atoms with Crippen LogP contribution in [0.1, 0.15) is 31.7 Å². The lowest BCUT2D eigenvalue weighted by Crippen LogP contribution is -2.41. The molecule has 0 spiro atoms. The molecule has 0 aliphatic carbocycles. The highest BCUT2D eigenvalue weighted by Gasteiger charge is 2.30. The lowest BCUT2D eigenvalue weighted by atomic mass is 10.1. The van der Waals surface area contributed by atoms with Gasteiger partial charge in [-0.1, -0.05) is 25.5 Å². The highest BCUT2D eigenvalue weighted by atomic mass is 32.2. The Balaban J connectivity index is 1.61. The average molecular weight is 361 g/mol. The Bertz CT molecular complexity index is 771. The minimum absolute atomic E-state index is 0.0548. The van der Waals surface area contributed by atoms with E-state index in [-0.39, 0.29) is 6.10 Å². The Morgan fingerprint density at radius 3 is 2.36 bits per heavy atom. The van der Waals surface area contributed by atoms with Crippen LogP contribution in [0, 0.1) is 0 Å². The van der Waals surface area contributed by atoms with E-state index in [1.54, 1.807) is 30.6 Å². The summed E-state index contributed by atoms with van der Waals surface area (Å²) in [6.45, 7) is 2.99. The Labute approximate surface area is 148 Å². The maximum absolute atomic E-state index is 12.8. The standard InChI is InChI=1S/C18H23N3O3S/c1-2-4-15-5-7-17(8-6-15)25(22,23)21-13-9-16(10-14-21)24-18-19-11-3-12-20-18/h3,5-8,11-12,16H,2,4,9-10,13-14H2,1H3. The summed E-state index contributed by atoms with van der Waals surface area (Å²) in [4.78, 5) is 8.45. The Kier molecular flexibility index (Phi) is 5.65. The molecule has 1 aliphatic heterocycles. The van der Waals surface area contributed by atoms with E-state index in [9.17, 15) is 8.42 Å². The third-order valence-corrected chi connectivity index (χ3v) is 6.23. The molecule has 1 saturated heterocycles. The van der Waals surface area contributed by atoms with E-state index < -0.39 is 10.0 Å². The zero-order valence-corrected chi connectivity index (χ0v) is 15.2. The van der Waals surface area contributed by atoms with Crippen molar-refractivity contribution in [1.29, 1.82) is 0 Å². The quantitative estimate of drug-likeness (QED) is 0.791. The molecule has 0 saturated carbocycles. The molecule has 1 aromatic heterocycles. The van der Waals surface area contributed by atoms with Crippen LogP contribution in [0.4, 0.5) is 0 Å². The van der Waals surface area contributed by atoms with Crippen LogP contribution in [-0.4, -0.2) is 41.9 Å². The average Bonchev–Trinajstić information content (AvgIpc) is 2.64. The second-order valence-corrected chi connectivity index (χ2v) is 8.08. The number of nitrogens with zero attached hydrogens (tertiary/aromatic N) is 3. The van der Waals surface area contributed by atoms with Gasteiger partial charge in [0, 0.05) is 25.5 Å². The molecule has 2 aromatic rings. The van der Waals surface area contributed by atoms with Crippen LogP contribution < -0.4 is 4.74 Å². The number of piperidine rings is 1. The van der Waals surface area contributed by atoms with E-state index in [1.807, 2.05) is 12.1 Å². The first-order valence-corrected chi connectivity index (χ1v) is 10.1. The largest absolute Gasteiger partial charge is 0.460 e. The first-order valence-electron chi connectivity index (χ1n) is 8.62. The van der Waals surface area contributed by atoms with Gasteiger partial charge in [0.1, 0.15) is 6.10 Å². The predicted molar refractivity (Wildman–Crippen MR) is 94.9 cm³/mol. The van der Waals surface area contributed by atoms with Crippen molar-refractivity contribution in [3.8, 4) is 6.01 Å². The van der Waals surface area contributed by atoms with Crippen LogP contribution in [0.3, 0.4) is 0 Å². The summed E-state index contributed by atoms with van der Waals surface area (Å²) in [5.41, 5.74) is 1.16. The van der Waals surface area contributed by atoms with Crippen LogP contribution in [0.2, 0.25) is 0 Å². The van der Waals surface area contributed by atoms with Gasteiger partial charge in [-0.05, 0) is 43.0 Å². The second kappa shape index (κ2) is 7.93. The molecule has 3 rings (SSSR count). The van der Waals surface area contributed by atoms with Crippen molar-refractivity contribution in [2.24, 2.45) is 0 Å². The van der Waals surface area contributed by atoms with Crippen molar-refractivity contribution in [3.63, 3.8) is 0 Å². The predicted octanol–water partition coefficient (Wildman–Crippen LogP) is 2.66. The molecule has 0 atom stereocenters. The fourth-order valence-electron chi connectivity index (χ4n) is 2.95. The number of hydrogen-bond acceptors (Lipinski definition) is 5. The minimum atomic E-state index is -3.44.